The monoisotopic (exact) mass is 245 g/mol. The Kier molecular flexibility index (Phi) is 3.70. The van der Waals surface area contributed by atoms with Gasteiger partial charge in [0.25, 0.3) is 0 Å². The molecule has 0 radical (unpaired) electrons. The number of rotatable bonds is 4. The van der Waals surface area contributed by atoms with Gasteiger partial charge in [0.2, 0.25) is 5.91 Å². The van der Waals surface area contributed by atoms with Crippen LogP contribution in [0, 0.1) is 5.92 Å². The highest BCUT2D eigenvalue weighted by Gasteiger charge is 2.13. The molecule has 0 saturated carbocycles. The molecule has 1 aromatic heterocycles. The number of furan rings is 1. The molecule has 1 atom stereocenters. The fourth-order valence-electron chi connectivity index (χ4n) is 1.90. The summed E-state index contributed by atoms with van der Waals surface area (Å²) in [5, 5.41) is 4.08. The molecule has 3 nitrogen and oxygen atoms in total. The number of fused-ring (bicyclic) bond motifs is 1. The number of carbonyl (C=O) groups excluding carboxylic acids is 1. The summed E-state index contributed by atoms with van der Waals surface area (Å²) in [6.07, 6.45) is 0.715. The molecule has 1 unspecified atom stereocenters. The molecule has 0 fully saturated rings. The molecular formula is C15H19NO2. The van der Waals surface area contributed by atoms with Gasteiger partial charge in [-0.25, -0.2) is 0 Å². The third-order valence-corrected chi connectivity index (χ3v) is 2.90. The van der Waals surface area contributed by atoms with E-state index in [0.717, 1.165) is 16.7 Å². The van der Waals surface area contributed by atoms with Gasteiger partial charge >= 0.3 is 0 Å². The highest BCUT2D eigenvalue weighted by Crippen LogP contribution is 2.19. The summed E-state index contributed by atoms with van der Waals surface area (Å²) >= 11 is 0. The molecular weight excluding hydrogens is 226 g/mol. The lowest BCUT2D eigenvalue weighted by Crippen LogP contribution is -2.36. The molecule has 1 heterocycles. The van der Waals surface area contributed by atoms with Crippen molar-refractivity contribution in [3.63, 3.8) is 0 Å². The average molecular weight is 245 g/mol. The molecule has 0 aliphatic heterocycles. The van der Waals surface area contributed by atoms with Crippen LogP contribution in [0.5, 0.6) is 0 Å². The molecule has 1 N–H and O–H groups in total. The van der Waals surface area contributed by atoms with E-state index in [4.69, 9.17) is 4.42 Å². The van der Waals surface area contributed by atoms with Crippen LogP contribution < -0.4 is 5.32 Å². The van der Waals surface area contributed by atoms with E-state index < -0.39 is 0 Å². The minimum absolute atomic E-state index is 0.0168. The fraction of sp³-hybridized carbons (Fsp3) is 0.400. The Morgan fingerprint density at radius 1 is 1.28 bits per heavy atom. The van der Waals surface area contributed by atoms with Gasteiger partial charge in [-0.2, -0.15) is 0 Å². The number of hydrogen-bond donors (Lipinski definition) is 1. The lowest BCUT2D eigenvalue weighted by atomic mass is 10.1. The zero-order valence-corrected chi connectivity index (χ0v) is 11.1. The van der Waals surface area contributed by atoms with Gasteiger partial charge in [0.15, 0.2) is 0 Å². The zero-order valence-electron chi connectivity index (χ0n) is 11.1. The Morgan fingerprint density at radius 2 is 2.00 bits per heavy atom. The predicted molar refractivity (Wildman–Crippen MR) is 72.4 cm³/mol. The maximum Gasteiger partial charge on any atom is 0.222 e. The Morgan fingerprint density at radius 3 is 2.67 bits per heavy atom. The standard InChI is InChI=1S/C15H19NO2/c1-10(2)15(17)16-11(3)8-13-9-12-6-4-5-7-14(12)18-13/h4-7,9-11H,8H2,1-3H3,(H,16,17). The van der Waals surface area contributed by atoms with Crippen LogP contribution in [0.25, 0.3) is 11.0 Å². The zero-order chi connectivity index (χ0) is 13.1. The van der Waals surface area contributed by atoms with Crippen LogP contribution in [0.3, 0.4) is 0 Å². The molecule has 18 heavy (non-hydrogen) atoms. The Bertz CT molecular complexity index is 509. The summed E-state index contributed by atoms with van der Waals surface area (Å²) in [7, 11) is 0. The number of amides is 1. The first-order chi connectivity index (χ1) is 8.56. The Balaban J connectivity index is 2.02. The minimum Gasteiger partial charge on any atom is -0.461 e. The summed E-state index contributed by atoms with van der Waals surface area (Å²) in [4.78, 5) is 11.6. The molecule has 96 valence electrons. The van der Waals surface area contributed by atoms with E-state index in [1.165, 1.54) is 0 Å². The van der Waals surface area contributed by atoms with Gasteiger partial charge < -0.3 is 9.73 Å². The largest absolute Gasteiger partial charge is 0.461 e. The highest BCUT2D eigenvalue weighted by atomic mass is 16.3. The third-order valence-electron chi connectivity index (χ3n) is 2.90. The van der Waals surface area contributed by atoms with Gasteiger partial charge in [0.1, 0.15) is 11.3 Å². The second-order valence-corrected chi connectivity index (χ2v) is 5.02. The lowest BCUT2D eigenvalue weighted by Gasteiger charge is -2.14. The number of benzene rings is 1. The first-order valence-electron chi connectivity index (χ1n) is 6.34. The van der Waals surface area contributed by atoms with Crippen LogP contribution in [-0.4, -0.2) is 11.9 Å². The minimum atomic E-state index is 0.0168. The van der Waals surface area contributed by atoms with Crippen LogP contribution in [0.15, 0.2) is 34.7 Å². The molecule has 1 amide bonds. The topological polar surface area (TPSA) is 42.2 Å². The molecule has 0 bridgehead atoms. The van der Waals surface area contributed by atoms with E-state index in [-0.39, 0.29) is 17.9 Å². The van der Waals surface area contributed by atoms with Crippen molar-refractivity contribution in [1.82, 2.24) is 5.32 Å². The van der Waals surface area contributed by atoms with Gasteiger partial charge in [-0.05, 0) is 19.1 Å². The number of nitrogens with one attached hydrogen (secondary N) is 1. The fourth-order valence-corrected chi connectivity index (χ4v) is 1.90. The summed E-state index contributed by atoms with van der Waals surface area (Å²) in [6.45, 7) is 5.78. The molecule has 2 rings (SSSR count). The highest BCUT2D eigenvalue weighted by molar-refractivity contribution is 5.78. The number of hydrogen-bond acceptors (Lipinski definition) is 2. The summed E-state index contributed by atoms with van der Waals surface area (Å²) < 4.78 is 5.73. The molecule has 2 aromatic rings. The molecule has 1 aromatic carbocycles. The van der Waals surface area contributed by atoms with Gasteiger partial charge in [0.05, 0.1) is 0 Å². The predicted octanol–water partition coefficient (Wildman–Crippen LogP) is 3.14. The van der Waals surface area contributed by atoms with Crippen LogP contribution in [0.2, 0.25) is 0 Å². The van der Waals surface area contributed by atoms with Crippen molar-refractivity contribution in [2.45, 2.75) is 33.2 Å². The van der Waals surface area contributed by atoms with Crippen molar-refractivity contribution in [2.24, 2.45) is 5.92 Å². The van der Waals surface area contributed by atoms with Crippen LogP contribution in [0.1, 0.15) is 26.5 Å². The van der Waals surface area contributed by atoms with Crippen molar-refractivity contribution >= 4 is 16.9 Å². The van der Waals surface area contributed by atoms with Crippen molar-refractivity contribution in [3.8, 4) is 0 Å². The van der Waals surface area contributed by atoms with Crippen LogP contribution in [-0.2, 0) is 11.2 Å². The normalized spacial score (nSPS) is 12.9. The summed E-state index contributed by atoms with van der Waals surface area (Å²) in [5.74, 6) is 1.01. The van der Waals surface area contributed by atoms with E-state index >= 15 is 0 Å². The molecule has 0 aliphatic carbocycles. The molecule has 0 saturated heterocycles. The quantitative estimate of drug-likeness (QED) is 0.899. The van der Waals surface area contributed by atoms with Crippen molar-refractivity contribution < 1.29 is 9.21 Å². The van der Waals surface area contributed by atoms with Crippen molar-refractivity contribution in [2.75, 3.05) is 0 Å². The lowest BCUT2D eigenvalue weighted by molar-refractivity contribution is -0.124. The molecule has 0 aliphatic rings. The number of para-hydroxylation sites is 1. The molecule has 0 spiro atoms. The van der Waals surface area contributed by atoms with E-state index in [1.807, 2.05) is 51.1 Å². The summed E-state index contributed by atoms with van der Waals surface area (Å²) in [6, 6.07) is 10.1. The van der Waals surface area contributed by atoms with Gasteiger partial charge in [-0.1, -0.05) is 32.0 Å². The Labute approximate surface area is 107 Å². The third kappa shape index (κ3) is 2.92. The van der Waals surface area contributed by atoms with E-state index in [9.17, 15) is 4.79 Å². The second kappa shape index (κ2) is 5.25. The number of carbonyl (C=O) groups is 1. The van der Waals surface area contributed by atoms with Gasteiger partial charge in [0, 0.05) is 23.8 Å². The molecule has 3 heteroatoms. The first-order valence-corrected chi connectivity index (χ1v) is 6.34. The maximum absolute atomic E-state index is 11.6. The van der Waals surface area contributed by atoms with Crippen LogP contribution >= 0.6 is 0 Å². The van der Waals surface area contributed by atoms with Gasteiger partial charge in [-0.3, -0.25) is 4.79 Å². The second-order valence-electron chi connectivity index (χ2n) is 5.02. The first kappa shape index (κ1) is 12.7. The maximum atomic E-state index is 11.6. The van der Waals surface area contributed by atoms with Crippen molar-refractivity contribution in [3.05, 3.63) is 36.1 Å². The Hall–Kier alpha value is -1.77. The van der Waals surface area contributed by atoms with Crippen molar-refractivity contribution in [1.29, 1.82) is 0 Å². The van der Waals surface area contributed by atoms with E-state index in [0.29, 0.717) is 6.42 Å². The smallest absolute Gasteiger partial charge is 0.222 e. The van der Waals surface area contributed by atoms with Gasteiger partial charge in [-0.15, -0.1) is 0 Å². The average Bonchev–Trinajstić information content (AvgIpc) is 2.70. The SMILES string of the molecule is CC(Cc1cc2ccccc2o1)NC(=O)C(C)C. The van der Waals surface area contributed by atoms with E-state index in [2.05, 4.69) is 5.32 Å². The van der Waals surface area contributed by atoms with E-state index in [1.54, 1.807) is 0 Å². The summed E-state index contributed by atoms with van der Waals surface area (Å²) in [5.41, 5.74) is 0.898. The van der Waals surface area contributed by atoms with Crippen LogP contribution in [0.4, 0.5) is 0 Å².